The molecule has 0 radical (unpaired) electrons. The van der Waals surface area contributed by atoms with E-state index in [0.29, 0.717) is 10.7 Å². The second kappa shape index (κ2) is 9.39. The van der Waals surface area contributed by atoms with Crippen molar-refractivity contribution < 1.29 is 4.79 Å². The smallest absolute Gasteiger partial charge is 0.257 e. The lowest BCUT2D eigenvalue weighted by atomic mass is 10.1. The van der Waals surface area contributed by atoms with Gasteiger partial charge >= 0.3 is 0 Å². The number of carbonyl (C=O) groups is 1. The van der Waals surface area contributed by atoms with Gasteiger partial charge in [-0.05, 0) is 50.9 Å². The average Bonchev–Trinajstić information content (AvgIpc) is 2.97. The van der Waals surface area contributed by atoms with Gasteiger partial charge in [0.05, 0.1) is 0 Å². The molecule has 0 aliphatic heterocycles. The lowest BCUT2D eigenvalue weighted by molar-refractivity contribution is 0.102. The predicted octanol–water partition coefficient (Wildman–Crippen LogP) is 3.94. The first kappa shape index (κ1) is 18.4. The van der Waals surface area contributed by atoms with E-state index >= 15 is 0 Å². The van der Waals surface area contributed by atoms with Gasteiger partial charge in [-0.3, -0.25) is 10.1 Å². The standard InChI is InChI=1S/C18H26N4OS/c1-13-12-21-18(24-13)22-17(23)15-8-7-9-16(14(15)2)20-11-6-4-3-5-10-19/h7-9,12,20H,3-6,10-11,19H2,1-2H3,(H,21,22,23). The molecule has 0 unspecified atom stereocenters. The van der Waals surface area contributed by atoms with Crippen LogP contribution in [0.5, 0.6) is 0 Å². The van der Waals surface area contributed by atoms with Gasteiger partial charge in [0.1, 0.15) is 0 Å². The van der Waals surface area contributed by atoms with E-state index < -0.39 is 0 Å². The summed E-state index contributed by atoms with van der Waals surface area (Å²) in [5.41, 5.74) is 8.15. The molecule has 2 rings (SSSR count). The Morgan fingerprint density at radius 1 is 1.21 bits per heavy atom. The summed E-state index contributed by atoms with van der Waals surface area (Å²) >= 11 is 1.48. The van der Waals surface area contributed by atoms with Crippen molar-refractivity contribution in [3.63, 3.8) is 0 Å². The number of aromatic nitrogens is 1. The topological polar surface area (TPSA) is 80.0 Å². The Balaban J connectivity index is 1.93. The molecule has 0 bridgehead atoms. The van der Waals surface area contributed by atoms with Crippen LogP contribution in [-0.4, -0.2) is 24.0 Å². The summed E-state index contributed by atoms with van der Waals surface area (Å²) < 4.78 is 0. The van der Waals surface area contributed by atoms with Crippen LogP contribution in [0, 0.1) is 13.8 Å². The molecule has 1 aromatic heterocycles. The molecule has 0 spiro atoms. The summed E-state index contributed by atoms with van der Waals surface area (Å²) in [6.45, 7) is 5.61. The van der Waals surface area contributed by atoms with Crippen molar-refractivity contribution in [2.75, 3.05) is 23.7 Å². The predicted molar refractivity (Wildman–Crippen MR) is 102 cm³/mol. The molecule has 0 aliphatic carbocycles. The molecule has 1 amide bonds. The first-order valence-electron chi connectivity index (χ1n) is 8.39. The van der Waals surface area contributed by atoms with E-state index in [9.17, 15) is 4.79 Å². The van der Waals surface area contributed by atoms with E-state index in [1.54, 1.807) is 6.20 Å². The second-order valence-corrected chi connectivity index (χ2v) is 7.07. The van der Waals surface area contributed by atoms with Crippen molar-refractivity contribution in [1.29, 1.82) is 0 Å². The lowest BCUT2D eigenvalue weighted by Crippen LogP contribution is -2.14. The molecule has 24 heavy (non-hydrogen) atoms. The zero-order valence-electron chi connectivity index (χ0n) is 14.4. The Morgan fingerprint density at radius 3 is 2.71 bits per heavy atom. The molecule has 2 aromatic rings. The molecule has 0 atom stereocenters. The minimum absolute atomic E-state index is 0.117. The van der Waals surface area contributed by atoms with Crippen LogP contribution in [0.1, 0.15) is 46.5 Å². The first-order chi connectivity index (χ1) is 11.6. The fraction of sp³-hybridized carbons (Fsp3) is 0.444. The molecular formula is C18H26N4OS. The molecular weight excluding hydrogens is 320 g/mol. The molecule has 0 saturated carbocycles. The zero-order chi connectivity index (χ0) is 17.4. The summed E-state index contributed by atoms with van der Waals surface area (Å²) in [5, 5.41) is 6.93. The number of nitrogens with zero attached hydrogens (tertiary/aromatic N) is 1. The number of carbonyl (C=O) groups excluding carboxylic acids is 1. The largest absolute Gasteiger partial charge is 0.385 e. The van der Waals surface area contributed by atoms with Crippen molar-refractivity contribution in [1.82, 2.24) is 4.98 Å². The number of hydrogen-bond donors (Lipinski definition) is 3. The summed E-state index contributed by atoms with van der Waals surface area (Å²) in [7, 11) is 0. The Morgan fingerprint density at radius 2 is 2.00 bits per heavy atom. The highest BCUT2D eigenvalue weighted by Crippen LogP contribution is 2.22. The molecule has 6 heteroatoms. The number of amides is 1. The van der Waals surface area contributed by atoms with Crippen LogP contribution in [0.3, 0.4) is 0 Å². The third kappa shape index (κ3) is 5.32. The van der Waals surface area contributed by atoms with Gasteiger partial charge in [-0.25, -0.2) is 4.98 Å². The molecule has 1 heterocycles. The number of rotatable bonds is 9. The van der Waals surface area contributed by atoms with Crippen molar-refractivity contribution in [3.05, 3.63) is 40.4 Å². The minimum Gasteiger partial charge on any atom is -0.385 e. The van der Waals surface area contributed by atoms with E-state index in [1.807, 2.05) is 32.0 Å². The van der Waals surface area contributed by atoms with Crippen LogP contribution in [0.15, 0.2) is 24.4 Å². The number of nitrogens with two attached hydrogens (primary N) is 1. The van der Waals surface area contributed by atoms with Gasteiger partial charge in [0.15, 0.2) is 5.13 Å². The van der Waals surface area contributed by atoms with Gasteiger partial charge in [-0.15, -0.1) is 11.3 Å². The molecule has 5 nitrogen and oxygen atoms in total. The monoisotopic (exact) mass is 346 g/mol. The summed E-state index contributed by atoms with van der Waals surface area (Å²) in [5.74, 6) is -0.117. The van der Waals surface area contributed by atoms with Crippen LogP contribution in [0.4, 0.5) is 10.8 Å². The Kier molecular flexibility index (Phi) is 7.21. The Labute approximate surface area is 147 Å². The van der Waals surface area contributed by atoms with Gasteiger partial charge in [-0.2, -0.15) is 0 Å². The van der Waals surface area contributed by atoms with E-state index in [1.165, 1.54) is 24.2 Å². The zero-order valence-corrected chi connectivity index (χ0v) is 15.2. The van der Waals surface area contributed by atoms with Crippen molar-refractivity contribution in [3.8, 4) is 0 Å². The molecule has 130 valence electrons. The van der Waals surface area contributed by atoms with Crippen molar-refractivity contribution >= 4 is 28.1 Å². The maximum Gasteiger partial charge on any atom is 0.257 e. The number of thiazole rings is 1. The van der Waals surface area contributed by atoms with Crippen LogP contribution in [0.2, 0.25) is 0 Å². The number of anilines is 2. The first-order valence-corrected chi connectivity index (χ1v) is 9.21. The lowest BCUT2D eigenvalue weighted by Gasteiger charge is -2.13. The van der Waals surface area contributed by atoms with E-state index in [-0.39, 0.29) is 5.91 Å². The van der Waals surface area contributed by atoms with E-state index in [4.69, 9.17) is 5.73 Å². The fourth-order valence-corrected chi connectivity index (χ4v) is 3.16. The molecule has 1 aromatic carbocycles. The Hall–Kier alpha value is -1.92. The van der Waals surface area contributed by atoms with Crippen LogP contribution >= 0.6 is 11.3 Å². The highest BCUT2D eigenvalue weighted by atomic mass is 32.1. The normalized spacial score (nSPS) is 10.6. The van der Waals surface area contributed by atoms with Gasteiger partial charge in [0, 0.05) is 28.9 Å². The van der Waals surface area contributed by atoms with Gasteiger partial charge in [-0.1, -0.05) is 18.9 Å². The molecule has 0 saturated heterocycles. The third-order valence-corrected chi connectivity index (χ3v) is 4.69. The second-order valence-electron chi connectivity index (χ2n) is 5.84. The molecule has 0 aliphatic rings. The Bertz CT molecular complexity index is 669. The van der Waals surface area contributed by atoms with Gasteiger partial charge < -0.3 is 11.1 Å². The van der Waals surface area contributed by atoms with Crippen LogP contribution in [0.25, 0.3) is 0 Å². The third-order valence-electron chi connectivity index (χ3n) is 3.87. The maximum absolute atomic E-state index is 12.5. The number of unbranched alkanes of at least 4 members (excludes halogenated alkanes) is 3. The average molecular weight is 347 g/mol. The summed E-state index contributed by atoms with van der Waals surface area (Å²) in [6.07, 6.45) is 6.30. The highest BCUT2D eigenvalue weighted by Gasteiger charge is 2.13. The van der Waals surface area contributed by atoms with E-state index in [0.717, 1.165) is 42.1 Å². The molecule has 4 N–H and O–H groups in total. The number of nitrogens with one attached hydrogen (secondary N) is 2. The quantitative estimate of drug-likeness (QED) is 0.601. The SMILES string of the molecule is Cc1cnc(NC(=O)c2cccc(NCCCCCCN)c2C)s1. The van der Waals surface area contributed by atoms with Crippen LogP contribution in [-0.2, 0) is 0 Å². The van der Waals surface area contributed by atoms with Crippen molar-refractivity contribution in [2.45, 2.75) is 39.5 Å². The van der Waals surface area contributed by atoms with Crippen LogP contribution < -0.4 is 16.4 Å². The van der Waals surface area contributed by atoms with Crippen molar-refractivity contribution in [2.24, 2.45) is 5.73 Å². The number of hydrogen-bond acceptors (Lipinski definition) is 5. The van der Waals surface area contributed by atoms with Gasteiger partial charge in [0.2, 0.25) is 0 Å². The summed E-state index contributed by atoms with van der Waals surface area (Å²) in [4.78, 5) is 17.7. The maximum atomic E-state index is 12.5. The number of benzene rings is 1. The molecule has 0 fully saturated rings. The fourth-order valence-electron chi connectivity index (χ4n) is 2.50. The minimum atomic E-state index is -0.117. The van der Waals surface area contributed by atoms with E-state index in [2.05, 4.69) is 15.6 Å². The summed E-state index contributed by atoms with van der Waals surface area (Å²) in [6, 6.07) is 5.77. The van der Waals surface area contributed by atoms with Gasteiger partial charge in [0.25, 0.3) is 5.91 Å². The highest BCUT2D eigenvalue weighted by molar-refractivity contribution is 7.15. The number of aryl methyl sites for hydroxylation is 1.